The molecule has 0 saturated heterocycles. The van der Waals surface area contributed by atoms with Gasteiger partial charge >= 0.3 is 0 Å². The number of sulfonamides is 1. The van der Waals surface area contributed by atoms with Crippen LogP contribution in [0.5, 0.6) is 0 Å². The van der Waals surface area contributed by atoms with Gasteiger partial charge in [0.25, 0.3) is 0 Å². The number of aromatic amines is 1. The average Bonchev–Trinajstić information content (AvgIpc) is 3.04. The first kappa shape index (κ1) is 16.9. The Bertz CT molecular complexity index is 966. The molecule has 3 aromatic rings. The molecule has 0 radical (unpaired) electrons. The van der Waals surface area contributed by atoms with Crippen LogP contribution in [0.15, 0.2) is 42.7 Å². The van der Waals surface area contributed by atoms with E-state index >= 15 is 0 Å². The zero-order valence-electron chi connectivity index (χ0n) is 13.8. The van der Waals surface area contributed by atoms with Crippen molar-refractivity contribution in [3.8, 4) is 11.3 Å². The molecule has 0 atom stereocenters. The van der Waals surface area contributed by atoms with Crippen molar-refractivity contribution < 1.29 is 8.42 Å². The quantitative estimate of drug-likeness (QED) is 0.624. The molecule has 3 rings (SSSR count). The van der Waals surface area contributed by atoms with Crippen molar-refractivity contribution in [2.45, 2.75) is 13.8 Å². The molecule has 0 bridgehead atoms. The number of nitrogens with zero attached hydrogens (tertiary/aromatic N) is 3. The van der Waals surface area contributed by atoms with Gasteiger partial charge in [-0.2, -0.15) is 5.10 Å². The van der Waals surface area contributed by atoms with E-state index in [4.69, 9.17) is 0 Å². The molecule has 0 aliphatic heterocycles. The van der Waals surface area contributed by atoms with E-state index in [2.05, 4.69) is 30.2 Å². The summed E-state index contributed by atoms with van der Waals surface area (Å²) < 4.78 is 25.7. The van der Waals surface area contributed by atoms with Crippen LogP contribution >= 0.6 is 0 Å². The van der Waals surface area contributed by atoms with Crippen LogP contribution < -0.4 is 10.0 Å². The van der Waals surface area contributed by atoms with Crippen LogP contribution in [-0.2, 0) is 10.0 Å². The molecule has 0 spiro atoms. The second-order valence-electron chi connectivity index (χ2n) is 5.42. The number of aryl methyl sites for hydroxylation is 1. The number of H-pyrrole nitrogens is 1. The lowest BCUT2D eigenvalue weighted by Gasteiger charge is -2.06. The van der Waals surface area contributed by atoms with Gasteiger partial charge in [0.2, 0.25) is 10.0 Å². The van der Waals surface area contributed by atoms with Gasteiger partial charge in [-0.25, -0.2) is 13.4 Å². The second-order valence-corrected chi connectivity index (χ2v) is 7.43. The van der Waals surface area contributed by atoms with Gasteiger partial charge in [-0.3, -0.25) is 14.8 Å². The van der Waals surface area contributed by atoms with Gasteiger partial charge in [-0.15, -0.1) is 0 Å². The number of rotatable bonds is 6. The third kappa shape index (κ3) is 4.32. The predicted molar refractivity (Wildman–Crippen MR) is 97.2 cm³/mol. The number of nitrogens with one attached hydrogen (secondary N) is 3. The van der Waals surface area contributed by atoms with Gasteiger partial charge in [-0.05, 0) is 31.5 Å². The summed E-state index contributed by atoms with van der Waals surface area (Å²) in [6.45, 7) is 3.46. The molecule has 0 saturated carbocycles. The summed E-state index contributed by atoms with van der Waals surface area (Å²) in [7, 11) is -3.28. The number of benzene rings is 1. The van der Waals surface area contributed by atoms with Crippen molar-refractivity contribution in [2.75, 3.05) is 15.8 Å². The second kappa shape index (κ2) is 6.89. The highest BCUT2D eigenvalue weighted by atomic mass is 32.2. The van der Waals surface area contributed by atoms with Gasteiger partial charge < -0.3 is 5.32 Å². The SMILES string of the molecule is CCS(=O)(=O)Nc1ccc(-c2cc(Nc3cncc(C)n3)n[nH]2)cc1. The van der Waals surface area contributed by atoms with Crippen molar-refractivity contribution >= 4 is 27.3 Å². The molecule has 1 aromatic carbocycles. The van der Waals surface area contributed by atoms with E-state index in [9.17, 15) is 8.42 Å². The van der Waals surface area contributed by atoms with Crippen LogP contribution in [0.25, 0.3) is 11.3 Å². The molecule has 2 aromatic heterocycles. The lowest BCUT2D eigenvalue weighted by atomic mass is 10.1. The van der Waals surface area contributed by atoms with Crippen molar-refractivity contribution in [3.63, 3.8) is 0 Å². The first-order valence-electron chi connectivity index (χ1n) is 7.67. The number of hydrogen-bond donors (Lipinski definition) is 3. The largest absolute Gasteiger partial charge is 0.322 e. The van der Waals surface area contributed by atoms with E-state index in [1.54, 1.807) is 31.5 Å². The van der Waals surface area contributed by atoms with E-state index in [0.717, 1.165) is 17.0 Å². The fourth-order valence-electron chi connectivity index (χ4n) is 2.16. The molecule has 8 nitrogen and oxygen atoms in total. The highest BCUT2D eigenvalue weighted by molar-refractivity contribution is 7.92. The van der Waals surface area contributed by atoms with Crippen LogP contribution in [0.3, 0.4) is 0 Å². The third-order valence-corrected chi connectivity index (χ3v) is 4.75. The van der Waals surface area contributed by atoms with Crippen LogP contribution in [0.1, 0.15) is 12.6 Å². The van der Waals surface area contributed by atoms with E-state index in [1.165, 1.54) is 0 Å². The minimum Gasteiger partial charge on any atom is -0.322 e. The van der Waals surface area contributed by atoms with Crippen molar-refractivity contribution in [2.24, 2.45) is 0 Å². The van der Waals surface area contributed by atoms with Gasteiger partial charge in [-0.1, -0.05) is 12.1 Å². The van der Waals surface area contributed by atoms with Crippen LogP contribution in [0.4, 0.5) is 17.3 Å². The smallest absolute Gasteiger partial charge is 0.232 e. The first-order chi connectivity index (χ1) is 11.9. The summed E-state index contributed by atoms with van der Waals surface area (Å²) >= 11 is 0. The standard InChI is InChI=1S/C16H18N6O2S/c1-3-25(23,24)22-13-6-4-12(5-7-13)14-8-15(21-20-14)19-16-10-17-9-11(2)18-16/h4-10,22H,3H2,1-2H3,(H2,18,19,20,21). The lowest BCUT2D eigenvalue weighted by Crippen LogP contribution is -2.14. The summed E-state index contributed by atoms with van der Waals surface area (Å²) in [6.07, 6.45) is 3.30. The molecule has 0 aliphatic carbocycles. The molecule has 2 heterocycles. The molecule has 0 aliphatic rings. The molecule has 0 unspecified atom stereocenters. The predicted octanol–water partition coefficient (Wildman–Crippen LogP) is 2.68. The molecular weight excluding hydrogens is 340 g/mol. The Labute approximate surface area is 145 Å². The zero-order chi connectivity index (χ0) is 17.9. The topological polar surface area (TPSA) is 113 Å². The molecular formula is C16H18N6O2S. The van der Waals surface area contributed by atoms with Crippen molar-refractivity contribution in [1.29, 1.82) is 0 Å². The number of hydrogen-bond acceptors (Lipinski definition) is 6. The molecule has 9 heteroatoms. The zero-order valence-corrected chi connectivity index (χ0v) is 14.6. The summed E-state index contributed by atoms with van der Waals surface area (Å²) in [4.78, 5) is 8.38. The Balaban J connectivity index is 1.74. The Kier molecular flexibility index (Phi) is 4.66. The van der Waals surface area contributed by atoms with Gasteiger partial charge in [0.1, 0.15) is 5.82 Å². The van der Waals surface area contributed by atoms with Crippen LogP contribution in [0, 0.1) is 6.92 Å². The molecule has 0 fully saturated rings. The number of anilines is 3. The third-order valence-electron chi connectivity index (χ3n) is 3.44. The number of aromatic nitrogens is 4. The maximum Gasteiger partial charge on any atom is 0.232 e. The summed E-state index contributed by atoms with van der Waals surface area (Å²) in [5.41, 5.74) is 3.02. The maximum atomic E-state index is 11.6. The Morgan fingerprint density at radius 3 is 2.56 bits per heavy atom. The Morgan fingerprint density at radius 2 is 1.88 bits per heavy atom. The fourth-order valence-corrected chi connectivity index (χ4v) is 2.80. The molecule has 130 valence electrons. The normalized spacial score (nSPS) is 11.3. The summed E-state index contributed by atoms with van der Waals surface area (Å²) in [6, 6.07) is 8.90. The summed E-state index contributed by atoms with van der Waals surface area (Å²) in [5, 5.41) is 10.2. The minimum atomic E-state index is -3.28. The molecule has 3 N–H and O–H groups in total. The van der Waals surface area contributed by atoms with Crippen LogP contribution in [-0.4, -0.2) is 34.3 Å². The fraction of sp³-hybridized carbons (Fsp3) is 0.188. The Morgan fingerprint density at radius 1 is 1.12 bits per heavy atom. The summed E-state index contributed by atoms with van der Waals surface area (Å²) in [5.74, 6) is 1.26. The average molecular weight is 358 g/mol. The van der Waals surface area contributed by atoms with Crippen molar-refractivity contribution in [3.05, 3.63) is 48.4 Å². The highest BCUT2D eigenvalue weighted by Crippen LogP contribution is 2.23. The lowest BCUT2D eigenvalue weighted by molar-refractivity contribution is 0.602. The molecule has 0 amide bonds. The van der Waals surface area contributed by atoms with Crippen LogP contribution in [0.2, 0.25) is 0 Å². The molecule has 25 heavy (non-hydrogen) atoms. The monoisotopic (exact) mass is 358 g/mol. The van der Waals surface area contributed by atoms with E-state index < -0.39 is 10.0 Å². The van der Waals surface area contributed by atoms with Crippen molar-refractivity contribution in [1.82, 2.24) is 20.2 Å². The maximum absolute atomic E-state index is 11.6. The van der Waals surface area contributed by atoms with E-state index in [-0.39, 0.29) is 5.75 Å². The highest BCUT2D eigenvalue weighted by Gasteiger charge is 2.08. The van der Waals surface area contributed by atoms with Gasteiger partial charge in [0, 0.05) is 18.0 Å². The van der Waals surface area contributed by atoms with Gasteiger partial charge in [0.05, 0.1) is 23.3 Å². The van der Waals surface area contributed by atoms with Gasteiger partial charge in [0.15, 0.2) is 5.82 Å². The van der Waals surface area contributed by atoms with E-state index in [0.29, 0.717) is 17.3 Å². The first-order valence-corrected chi connectivity index (χ1v) is 9.32. The Hall–Kier alpha value is -2.94. The minimum absolute atomic E-state index is 0.0339. The van der Waals surface area contributed by atoms with E-state index in [1.807, 2.05) is 25.1 Å².